The Bertz CT molecular complexity index is 344. The largest absolute Gasteiger partial charge is 0.383 e. The fraction of sp³-hybridized carbons (Fsp3) is 0.800. The maximum absolute atomic E-state index is 11.8. The van der Waals surface area contributed by atoms with Crippen molar-refractivity contribution < 1.29 is 13.2 Å². The summed E-state index contributed by atoms with van der Waals surface area (Å²) in [6, 6.07) is 0. The van der Waals surface area contributed by atoms with Gasteiger partial charge in [-0.1, -0.05) is 5.92 Å². The van der Waals surface area contributed by atoms with Gasteiger partial charge >= 0.3 is 0 Å². The zero-order chi connectivity index (χ0) is 12.0. The highest BCUT2D eigenvalue weighted by molar-refractivity contribution is 7.87. The predicted molar refractivity (Wildman–Crippen MR) is 61.9 cm³/mol. The number of rotatable bonds is 8. The molecule has 0 aromatic carbocycles. The third kappa shape index (κ3) is 4.49. The van der Waals surface area contributed by atoms with Crippen LogP contribution in [0, 0.1) is 18.3 Å². The van der Waals surface area contributed by atoms with Crippen molar-refractivity contribution in [2.24, 2.45) is 5.92 Å². The minimum atomic E-state index is -3.45. The molecule has 0 bridgehead atoms. The molecule has 1 aliphatic rings. The number of terminal acetylenes is 1. The summed E-state index contributed by atoms with van der Waals surface area (Å²) in [5.74, 6) is 2.85. The van der Waals surface area contributed by atoms with Crippen LogP contribution in [0.1, 0.15) is 12.8 Å². The molecule has 1 N–H and O–H groups in total. The number of ether oxygens (including phenoxy) is 1. The molecule has 0 unspecified atom stereocenters. The molecule has 1 aliphatic carbocycles. The van der Waals surface area contributed by atoms with Crippen molar-refractivity contribution in [3.63, 3.8) is 0 Å². The molecular formula is C10H18N2O3S. The van der Waals surface area contributed by atoms with Crippen LogP contribution >= 0.6 is 0 Å². The second kappa shape index (κ2) is 6.21. The van der Waals surface area contributed by atoms with Gasteiger partial charge in [0, 0.05) is 20.2 Å². The van der Waals surface area contributed by atoms with Gasteiger partial charge in [0.1, 0.15) is 0 Å². The molecule has 0 amide bonds. The Morgan fingerprint density at radius 1 is 1.56 bits per heavy atom. The second-order valence-corrected chi connectivity index (χ2v) is 5.59. The van der Waals surface area contributed by atoms with E-state index < -0.39 is 10.2 Å². The van der Waals surface area contributed by atoms with Crippen molar-refractivity contribution >= 4 is 10.2 Å². The van der Waals surface area contributed by atoms with E-state index in [-0.39, 0.29) is 13.1 Å². The van der Waals surface area contributed by atoms with E-state index in [1.165, 1.54) is 11.4 Å². The van der Waals surface area contributed by atoms with Gasteiger partial charge in [-0.25, -0.2) is 0 Å². The maximum atomic E-state index is 11.8. The summed E-state index contributed by atoms with van der Waals surface area (Å²) in [4.78, 5) is 0. The van der Waals surface area contributed by atoms with Gasteiger partial charge in [0.15, 0.2) is 0 Å². The zero-order valence-electron chi connectivity index (χ0n) is 9.48. The smallest absolute Gasteiger partial charge is 0.280 e. The van der Waals surface area contributed by atoms with E-state index in [0.717, 1.165) is 12.8 Å². The molecule has 0 heterocycles. The lowest BCUT2D eigenvalue weighted by molar-refractivity contribution is 0.203. The first-order chi connectivity index (χ1) is 7.60. The first-order valence-electron chi connectivity index (χ1n) is 5.27. The fourth-order valence-corrected chi connectivity index (χ4v) is 2.48. The van der Waals surface area contributed by atoms with Crippen molar-refractivity contribution in [1.29, 1.82) is 0 Å². The predicted octanol–water partition coefficient (Wildman–Crippen LogP) is -0.188. The maximum Gasteiger partial charge on any atom is 0.280 e. The van der Waals surface area contributed by atoms with Crippen molar-refractivity contribution in [3.05, 3.63) is 0 Å². The topological polar surface area (TPSA) is 58.6 Å². The number of hydrogen-bond donors (Lipinski definition) is 1. The lowest BCUT2D eigenvalue weighted by atomic mass is 10.4. The second-order valence-electron chi connectivity index (χ2n) is 3.83. The lowest BCUT2D eigenvalue weighted by Gasteiger charge is -2.19. The van der Waals surface area contributed by atoms with Gasteiger partial charge in [-0.05, 0) is 18.8 Å². The lowest BCUT2D eigenvalue weighted by Crippen LogP contribution is -2.43. The van der Waals surface area contributed by atoms with Gasteiger partial charge in [-0.3, -0.25) is 0 Å². The van der Waals surface area contributed by atoms with E-state index in [2.05, 4.69) is 10.6 Å². The molecule has 0 atom stereocenters. The highest BCUT2D eigenvalue weighted by Gasteiger charge is 2.29. The fourth-order valence-electron chi connectivity index (χ4n) is 1.30. The van der Waals surface area contributed by atoms with Crippen molar-refractivity contribution in [3.8, 4) is 12.3 Å². The van der Waals surface area contributed by atoms with Crippen molar-refractivity contribution in [1.82, 2.24) is 9.03 Å². The molecule has 0 radical (unpaired) electrons. The Kier molecular flexibility index (Phi) is 5.22. The van der Waals surface area contributed by atoms with Gasteiger partial charge in [0.2, 0.25) is 0 Å². The van der Waals surface area contributed by atoms with Crippen LogP contribution in [-0.4, -0.2) is 46.1 Å². The van der Waals surface area contributed by atoms with E-state index in [4.69, 9.17) is 11.2 Å². The molecule has 5 nitrogen and oxygen atoms in total. The number of methoxy groups -OCH3 is 1. The van der Waals surface area contributed by atoms with E-state index >= 15 is 0 Å². The Hall–Kier alpha value is -0.610. The standard InChI is InChI=1S/C10H18N2O3S/c1-3-7-12(9-10-4-5-10)16(13,14)11-6-8-15-2/h1,10-11H,4-9H2,2H3. The molecule has 0 aromatic rings. The zero-order valence-corrected chi connectivity index (χ0v) is 10.3. The molecule has 1 fully saturated rings. The Balaban J connectivity index is 2.49. The van der Waals surface area contributed by atoms with Crippen LogP contribution in [0.3, 0.4) is 0 Å². The van der Waals surface area contributed by atoms with Crippen LogP contribution in [0.2, 0.25) is 0 Å². The minimum Gasteiger partial charge on any atom is -0.383 e. The van der Waals surface area contributed by atoms with Gasteiger partial charge in [0.25, 0.3) is 10.2 Å². The summed E-state index contributed by atoms with van der Waals surface area (Å²) in [6.45, 7) is 1.27. The van der Waals surface area contributed by atoms with Crippen molar-refractivity contribution in [2.75, 3.05) is 33.4 Å². The summed E-state index contributed by atoms with van der Waals surface area (Å²) in [5, 5.41) is 0. The molecule has 0 spiro atoms. The average molecular weight is 246 g/mol. The average Bonchev–Trinajstić information content (AvgIpc) is 3.01. The van der Waals surface area contributed by atoms with Crippen LogP contribution in [0.5, 0.6) is 0 Å². The molecule has 0 aliphatic heterocycles. The first kappa shape index (κ1) is 13.5. The van der Waals surface area contributed by atoms with Gasteiger partial charge in [0.05, 0.1) is 13.2 Å². The highest BCUT2D eigenvalue weighted by Crippen LogP contribution is 2.30. The third-order valence-electron chi connectivity index (χ3n) is 2.36. The SMILES string of the molecule is C#CCN(CC1CC1)S(=O)(=O)NCCOC. The molecule has 1 rings (SSSR count). The molecule has 92 valence electrons. The molecule has 0 aromatic heterocycles. The van der Waals surface area contributed by atoms with E-state index in [1.54, 1.807) is 0 Å². The van der Waals surface area contributed by atoms with Crippen LogP contribution in [0.25, 0.3) is 0 Å². The van der Waals surface area contributed by atoms with Gasteiger partial charge in [-0.2, -0.15) is 17.4 Å². The summed E-state index contributed by atoms with van der Waals surface area (Å²) >= 11 is 0. The summed E-state index contributed by atoms with van der Waals surface area (Å²) in [6.07, 6.45) is 7.35. The van der Waals surface area contributed by atoms with E-state index in [0.29, 0.717) is 19.1 Å². The highest BCUT2D eigenvalue weighted by atomic mass is 32.2. The molecule has 16 heavy (non-hydrogen) atoms. The van der Waals surface area contributed by atoms with Gasteiger partial charge in [-0.15, -0.1) is 6.42 Å². The van der Waals surface area contributed by atoms with Crippen molar-refractivity contribution in [2.45, 2.75) is 12.8 Å². The third-order valence-corrected chi connectivity index (χ3v) is 3.88. The molecule has 0 saturated heterocycles. The number of hydrogen-bond acceptors (Lipinski definition) is 3. The van der Waals surface area contributed by atoms with Crippen LogP contribution in [0.4, 0.5) is 0 Å². The quantitative estimate of drug-likeness (QED) is 0.477. The number of nitrogens with one attached hydrogen (secondary N) is 1. The first-order valence-corrected chi connectivity index (χ1v) is 6.71. The number of nitrogens with zero attached hydrogens (tertiary/aromatic N) is 1. The van der Waals surface area contributed by atoms with E-state index in [1.807, 2.05) is 0 Å². The Labute approximate surface area is 97.3 Å². The normalized spacial score (nSPS) is 16.3. The summed E-state index contributed by atoms with van der Waals surface area (Å²) in [5.41, 5.74) is 0. The Morgan fingerprint density at radius 3 is 2.75 bits per heavy atom. The van der Waals surface area contributed by atoms with Crippen LogP contribution in [0.15, 0.2) is 0 Å². The minimum absolute atomic E-state index is 0.124. The monoisotopic (exact) mass is 246 g/mol. The molecular weight excluding hydrogens is 228 g/mol. The molecule has 6 heteroatoms. The summed E-state index contributed by atoms with van der Waals surface area (Å²) in [7, 11) is -1.93. The van der Waals surface area contributed by atoms with Gasteiger partial charge < -0.3 is 4.74 Å². The molecule has 1 saturated carbocycles. The summed E-state index contributed by atoms with van der Waals surface area (Å²) < 4.78 is 32.2. The van der Waals surface area contributed by atoms with E-state index in [9.17, 15) is 8.42 Å². The Morgan fingerprint density at radius 2 is 2.25 bits per heavy atom. The van der Waals surface area contributed by atoms with Crippen LogP contribution in [-0.2, 0) is 14.9 Å². The van der Waals surface area contributed by atoms with Crippen LogP contribution < -0.4 is 4.72 Å².